The third-order valence-electron chi connectivity index (χ3n) is 12.3. The molecular formula is C53H103NO5. The van der Waals surface area contributed by atoms with Crippen molar-refractivity contribution >= 4 is 11.9 Å². The van der Waals surface area contributed by atoms with Crippen molar-refractivity contribution in [2.45, 2.75) is 302 Å². The molecule has 0 saturated heterocycles. The fourth-order valence-electron chi connectivity index (χ4n) is 8.22. The van der Waals surface area contributed by atoms with Gasteiger partial charge in [0.2, 0.25) is 5.91 Å². The van der Waals surface area contributed by atoms with Gasteiger partial charge in [0.25, 0.3) is 0 Å². The van der Waals surface area contributed by atoms with Crippen molar-refractivity contribution in [2.24, 2.45) is 0 Å². The molecule has 2 unspecified atom stereocenters. The molecule has 0 bridgehead atoms. The second kappa shape index (κ2) is 49.3. The average molecular weight is 834 g/mol. The number of carbonyl (C=O) groups excluding carboxylic acids is 2. The van der Waals surface area contributed by atoms with Gasteiger partial charge in [0.1, 0.15) is 0 Å². The molecule has 350 valence electrons. The first kappa shape index (κ1) is 57.6. The van der Waals surface area contributed by atoms with Gasteiger partial charge in [-0.05, 0) is 51.4 Å². The van der Waals surface area contributed by atoms with Crippen LogP contribution in [-0.2, 0) is 14.3 Å². The molecule has 0 aliphatic heterocycles. The number of carbonyl (C=O) groups is 2. The van der Waals surface area contributed by atoms with Crippen molar-refractivity contribution < 1.29 is 24.5 Å². The van der Waals surface area contributed by atoms with E-state index in [1.165, 1.54) is 199 Å². The maximum atomic E-state index is 12.4. The summed E-state index contributed by atoms with van der Waals surface area (Å²) in [6.07, 6.45) is 56.2. The Morgan fingerprint density at radius 3 is 1.20 bits per heavy atom. The summed E-state index contributed by atoms with van der Waals surface area (Å²) in [5.41, 5.74) is 0. The summed E-state index contributed by atoms with van der Waals surface area (Å²) in [5.74, 6) is -0.0453. The van der Waals surface area contributed by atoms with Gasteiger partial charge in [0.15, 0.2) is 0 Å². The predicted molar refractivity (Wildman–Crippen MR) is 255 cm³/mol. The molecule has 0 rings (SSSR count). The van der Waals surface area contributed by atoms with Gasteiger partial charge in [-0.15, -0.1) is 0 Å². The van der Waals surface area contributed by atoms with E-state index < -0.39 is 12.1 Å². The molecule has 1 amide bonds. The number of rotatable bonds is 49. The number of aliphatic hydroxyl groups is 2. The minimum absolute atomic E-state index is 0.00450. The Hall–Kier alpha value is -1.40. The maximum Gasteiger partial charge on any atom is 0.305 e. The topological polar surface area (TPSA) is 95.9 Å². The molecule has 0 saturated carbocycles. The van der Waals surface area contributed by atoms with Gasteiger partial charge >= 0.3 is 5.97 Å². The summed E-state index contributed by atoms with van der Waals surface area (Å²) in [4.78, 5) is 24.4. The molecular weight excluding hydrogens is 731 g/mol. The average Bonchev–Trinajstić information content (AvgIpc) is 3.24. The lowest BCUT2D eigenvalue weighted by Gasteiger charge is -2.22. The highest BCUT2D eigenvalue weighted by atomic mass is 16.5. The maximum absolute atomic E-state index is 12.4. The fraction of sp³-hybridized carbons (Fsp3) is 0.925. The van der Waals surface area contributed by atoms with E-state index in [-0.39, 0.29) is 18.5 Å². The molecule has 59 heavy (non-hydrogen) atoms. The van der Waals surface area contributed by atoms with E-state index in [1.54, 1.807) is 0 Å². The first-order chi connectivity index (χ1) is 29.0. The molecule has 0 aromatic carbocycles. The van der Waals surface area contributed by atoms with Gasteiger partial charge in [0, 0.05) is 12.8 Å². The van der Waals surface area contributed by atoms with Crippen LogP contribution in [0.4, 0.5) is 0 Å². The number of esters is 1. The zero-order valence-electron chi connectivity index (χ0n) is 39.7. The van der Waals surface area contributed by atoms with Gasteiger partial charge in [-0.1, -0.05) is 238 Å². The van der Waals surface area contributed by atoms with E-state index >= 15 is 0 Å². The van der Waals surface area contributed by atoms with Crippen molar-refractivity contribution in [2.75, 3.05) is 13.2 Å². The number of nitrogens with one attached hydrogen (secondary N) is 1. The van der Waals surface area contributed by atoms with Crippen molar-refractivity contribution in [3.05, 3.63) is 12.2 Å². The zero-order valence-corrected chi connectivity index (χ0v) is 39.7. The van der Waals surface area contributed by atoms with E-state index in [2.05, 4.69) is 31.3 Å². The molecule has 0 aromatic heterocycles. The molecule has 0 aliphatic rings. The first-order valence-electron chi connectivity index (χ1n) is 26.4. The monoisotopic (exact) mass is 834 g/mol. The number of amides is 1. The summed E-state index contributed by atoms with van der Waals surface area (Å²) in [7, 11) is 0. The molecule has 0 aliphatic carbocycles. The van der Waals surface area contributed by atoms with Crippen molar-refractivity contribution in [3.63, 3.8) is 0 Å². The van der Waals surface area contributed by atoms with Crippen LogP contribution in [0.15, 0.2) is 12.2 Å². The summed E-state index contributed by atoms with van der Waals surface area (Å²) >= 11 is 0. The molecule has 0 heterocycles. The summed E-state index contributed by atoms with van der Waals surface area (Å²) in [6, 6.07) is -0.549. The highest BCUT2D eigenvalue weighted by molar-refractivity contribution is 5.76. The van der Waals surface area contributed by atoms with Gasteiger partial charge in [-0.25, -0.2) is 0 Å². The van der Waals surface area contributed by atoms with E-state index in [4.69, 9.17) is 4.74 Å². The van der Waals surface area contributed by atoms with Crippen LogP contribution < -0.4 is 5.32 Å². The number of aliphatic hydroxyl groups excluding tert-OH is 2. The summed E-state index contributed by atoms with van der Waals surface area (Å²) in [5, 5.41) is 23.1. The molecule has 6 nitrogen and oxygen atoms in total. The Balaban J connectivity index is 3.43. The number of hydrogen-bond donors (Lipinski definition) is 3. The van der Waals surface area contributed by atoms with Crippen molar-refractivity contribution in [3.8, 4) is 0 Å². The lowest BCUT2D eigenvalue weighted by molar-refractivity contribution is -0.143. The largest absolute Gasteiger partial charge is 0.466 e. The van der Waals surface area contributed by atoms with Gasteiger partial charge in [0.05, 0.1) is 25.4 Å². The third-order valence-corrected chi connectivity index (χ3v) is 12.3. The lowest BCUT2D eigenvalue weighted by atomic mass is 10.0. The first-order valence-corrected chi connectivity index (χ1v) is 26.4. The second-order valence-electron chi connectivity index (χ2n) is 18.2. The van der Waals surface area contributed by atoms with E-state index in [0.717, 1.165) is 57.8 Å². The Morgan fingerprint density at radius 1 is 0.458 bits per heavy atom. The Kier molecular flexibility index (Phi) is 48.1. The van der Waals surface area contributed by atoms with Gasteiger partial charge in [-0.2, -0.15) is 0 Å². The van der Waals surface area contributed by atoms with Gasteiger partial charge in [-0.3, -0.25) is 9.59 Å². The minimum Gasteiger partial charge on any atom is -0.466 e. The number of ether oxygens (including phenoxy) is 1. The van der Waals surface area contributed by atoms with E-state index in [1.807, 2.05) is 0 Å². The van der Waals surface area contributed by atoms with Gasteiger partial charge < -0.3 is 20.3 Å². The SMILES string of the molecule is CCCCCCCCCCCCCCCC(=O)OCCCCCCCCCCC/C=C\CCCCCCCC(=O)NC(CO)C(O)CCCCCCCCCCCCC. The molecule has 0 fully saturated rings. The van der Waals surface area contributed by atoms with Crippen LogP contribution in [0.5, 0.6) is 0 Å². The Bertz CT molecular complexity index is 878. The Morgan fingerprint density at radius 2 is 0.797 bits per heavy atom. The van der Waals surface area contributed by atoms with Crippen LogP contribution in [-0.4, -0.2) is 47.4 Å². The quantitative estimate of drug-likeness (QED) is 0.0322. The van der Waals surface area contributed by atoms with E-state index in [0.29, 0.717) is 25.9 Å². The van der Waals surface area contributed by atoms with Crippen LogP contribution in [0.2, 0.25) is 0 Å². The van der Waals surface area contributed by atoms with Crippen LogP contribution in [0.3, 0.4) is 0 Å². The van der Waals surface area contributed by atoms with E-state index in [9.17, 15) is 19.8 Å². The van der Waals surface area contributed by atoms with Crippen molar-refractivity contribution in [1.82, 2.24) is 5.32 Å². The summed E-state index contributed by atoms with van der Waals surface area (Å²) < 4.78 is 5.46. The fourth-order valence-corrected chi connectivity index (χ4v) is 8.22. The Labute approximate surface area is 368 Å². The number of unbranched alkanes of at least 4 members (excludes halogenated alkanes) is 36. The number of hydrogen-bond acceptors (Lipinski definition) is 5. The molecule has 0 spiro atoms. The highest BCUT2D eigenvalue weighted by Gasteiger charge is 2.20. The standard InChI is InChI=1S/C53H103NO5/c1-3-5-7-9-11-13-15-22-27-31-35-39-43-47-53(58)59-48-44-40-36-32-28-24-21-19-17-16-18-20-23-26-30-34-38-42-46-52(57)54-50(49-55)51(56)45-41-37-33-29-25-14-12-10-8-6-4-2/h18,20,50-51,55-56H,3-17,19,21-49H2,1-2H3,(H,54,57)/b20-18-. The smallest absolute Gasteiger partial charge is 0.305 e. The third kappa shape index (κ3) is 45.9. The molecule has 3 N–H and O–H groups in total. The van der Waals surface area contributed by atoms with Crippen LogP contribution in [0, 0.1) is 0 Å². The zero-order chi connectivity index (χ0) is 43.0. The van der Waals surface area contributed by atoms with Crippen LogP contribution in [0.1, 0.15) is 290 Å². The normalized spacial score (nSPS) is 12.7. The lowest BCUT2D eigenvalue weighted by Crippen LogP contribution is -2.45. The van der Waals surface area contributed by atoms with Crippen LogP contribution in [0.25, 0.3) is 0 Å². The second-order valence-corrected chi connectivity index (χ2v) is 18.2. The summed E-state index contributed by atoms with van der Waals surface area (Å²) in [6.45, 7) is 4.93. The number of allylic oxidation sites excluding steroid dienone is 2. The van der Waals surface area contributed by atoms with Crippen molar-refractivity contribution in [1.29, 1.82) is 0 Å². The molecule has 6 heteroatoms. The molecule has 0 aromatic rings. The predicted octanol–water partition coefficient (Wildman–Crippen LogP) is 15.7. The molecule has 0 radical (unpaired) electrons. The minimum atomic E-state index is -0.670. The molecule has 2 atom stereocenters. The van der Waals surface area contributed by atoms with Crippen LogP contribution >= 0.6 is 0 Å². The highest BCUT2D eigenvalue weighted by Crippen LogP contribution is 2.16.